The molecule has 0 aliphatic carbocycles. The SMILES string of the molecule is Cc1ccc(S(=O)(=O)N2CCNCC2)s1.Cl. The van der Waals surface area contributed by atoms with Gasteiger partial charge in [-0.1, -0.05) is 0 Å². The van der Waals surface area contributed by atoms with Crippen LogP contribution in [0.3, 0.4) is 0 Å². The summed E-state index contributed by atoms with van der Waals surface area (Å²) in [6.07, 6.45) is 0. The van der Waals surface area contributed by atoms with Crippen LogP contribution in [-0.4, -0.2) is 38.9 Å². The van der Waals surface area contributed by atoms with E-state index in [0.717, 1.165) is 18.0 Å². The molecule has 1 N–H and O–H groups in total. The Kier molecular flexibility index (Phi) is 4.75. The lowest BCUT2D eigenvalue weighted by Crippen LogP contribution is -2.46. The van der Waals surface area contributed by atoms with E-state index in [-0.39, 0.29) is 12.4 Å². The minimum atomic E-state index is -3.23. The molecule has 0 aromatic carbocycles. The highest BCUT2D eigenvalue weighted by Crippen LogP contribution is 2.24. The van der Waals surface area contributed by atoms with Crippen molar-refractivity contribution in [3.63, 3.8) is 0 Å². The van der Waals surface area contributed by atoms with Crippen LogP contribution in [0, 0.1) is 6.92 Å². The maximum atomic E-state index is 12.1. The minimum absolute atomic E-state index is 0. The van der Waals surface area contributed by atoms with Gasteiger partial charge in [-0.3, -0.25) is 0 Å². The summed E-state index contributed by atoms with van der Waals surface area (Å²) in [6.45, 7) is 4.53. The molecule has 4 nitrogen and oxygen atoms in total. The Morgan fingerprint density at radius 1 is 1.31 bits per heavy atom. The summed E-state index contributed by atoms with van der Waals surface area (Å²) in [7, 11) is -3.23. The number of nitrogens with one attached hydrogen (secondary N) is 1. The molecule has 92 valence electrons. The van der Waals surface area contributed by atoms with E-state index in [9.17, 15) is 8.42 Å². The lowest BCUT2D eigenvalue weighted by atomic mass is 10.4. The topological polar surface area (TPSA) is 49.4 Å². The molecule has 0 amide bonds. The second-order valence-corrected chi connectivity index (χ2v) is 6.97. The summed E-state index contributed by atoms with van der Waals surface area (Å²) in [6, 6.07) is 3.54. The summed E-state index contributed by atoms with van der Waals surface area (Å²) in [5, 5.41) is 3.14. The van der Waals surface area contributed by atoms with Crippen LogP contribution in [0.2, 0.25) is 0 Å². The van der Waals surface area contributed by atoms with Crippen LogP contribution >= 0.6 is 23.7 Å². The van der Waals surface area contributed by atoms with Gasteiger partial charge in [0.05, 0.1) is 0 Å². The third-order valence-corrected chi connectivity index (χ3v) is 5.75. The van der Waals surface area contributed by atoms with Gasteiger partial charge in [-0.15, -0.1) is 23.7 Å². The van der Waals surface area contributed by atoms with Gasteiger partial charge in [0.25, 0.3) is 10.0 Å². The quantitative estimate of drug-likeness (QED) is 0.883. The molecule has 0 radical (unpaired) electrons. The van der Waals surface area contributed by atoms with Crippen LogP contribution in [0.25, 0.3) is 0 Å². The van der Waals surface area contributed by atoms with Gasteiger partial charge < -0.3 is 5.32 Å². The van der Waals surface area contributed by atoms with Gasteiger partial charge in [0, 0.05) is 31.1 Å². The summed E-state index contributed by atoms with van der Waals surface area (Å²) < 4.78 is 26.2. The number of sulfonamides is 1. The first-order valence-corrected chi connectivity index (χ1v) is 7.14. The van der Waals surface area contributed by atoms with Crippen LogP contribution in [0.4, 0.5) is 0 Å². The van der Waals surface area contributed by atoms with E-state index in [1.54, 1.807) is 10.4 Å². The highest BCUT2D eigenvalue weighted by atomic mass is 35.5. The van der Waals surface area contributed by atoms with E-state index in [2.05, 4.69) is 5.32 Å². The fraction of sp³-hybridized carbons (Fsp3) is 0.556. The summed E-state index contributed by atoms with van der Waals surface area (Å²) in [4.78, 5) is 1.03. The maximum Gasteiger partial charge on any atom is 0.252 e. The predicted molar refractivity (Wildman–Crippen MR) is 67.9 cm³/mol. The standard InChI is InChI=1S/C9H14N2O2S2.ClH/c1-8-2-3-9(14-8)15(12,13)11-6-4-10-5-7-11;/h2-3,10H,4-7H2,1H3;1H. The first kappa shape index (κ1) is 13.9. The zero-order valence-corrected chi connectivity index (χ0v) is 11.4. The molecule has 1 aromatic heterocycles. The number of nitrogens with zero attached hydrogens (tertiary/aromatic N) is 1. The summed E-state index contributed by atoms with van der Waals surface area (Å²) >= 11 is 1.34. The number of aryl methyl sites for hydroxylation is 1. The highest BCUT2D eigenvalue weighted by Gasteiger charge is 2.26. The molecule has 1 aromatic rings. The smallest absolute Gasteiger partial charge is 0.252 e. The number of halogens is 1. The van der Waals surface area contributed by atoms with Crippen molar-refractivity contribution in [2.24, 2.45) is 0 Å². The van der Waals surface area contributed by atoms with Crippen molar-refractivity contribution in [1.29, 1.82) is 0 Å². The monoisotopic (exact) mass is 282 g/mol. The van der Waals surface area contributed by atoms with E-state index in [1.165, 1.54) is 11.3 Å². The molecule has 1 saturated heterocycles. The molecule has 1 aliphatic heterocycles. The fourth-order valence-electron chi connectivity index (χ4n) is 1.56. The molecule has 1 fully saturated rings. The van der Waals surface area contributed by atoms with Crippen molar-refractivity contribution < 1.29 is 8.42 Å². The van der Waals surface area contributed by atoms with Crippen molar-refractivity contribution in [2.45, 2.75) is 11.1 Å². The maximum absolute atomic E-state index is 12.1. The Morgan fingerprint density at radius 2 is 1.94 bits per heavy atom. The number of rotatable bonds is 2. The zero-order valence-electron chi connectivity index (χ0n) is 8.97. The molecule has 2 heterocycles. The minimum Gasteiger partial charge on any atom is -0.314 e. The number of hydrogen-bond donors (Lipinski definition) is 1. The average molecular weight is 283 g/mol. The molecule has 0 atom stereocenters. The Labute approximate surface area is 106 Å². The molecular weight excluding hydrogens is 268 g/mol. The summed E-state index contributed by atoms with van der Waals surface area (Å²) in [5.41, 5.74) is 0. The first-order chi connectivity index (χ1) is 7.10. The molecule has 0 saturated carbocycles. The van der Waals surface area contributed by atoms with Gasteiger partial charge in [0.15, 0.2) is 0 Å². The number of thiophene rings is 1. The number of hydrogen-bond acceptors (Lipinski definition) is 4. The lowest BCUT2D eigenvalue weighted by molar-refractivity contribution is 0.361. The van der Waals surface area contributed by atoms with E-state index in [4.69, 9.17) is 0 Å². The normalized spacial score (nSPS) is 18.1. The van der Waals surface area contributed by atoms with Crippen molar-refractivity contribution in [1.82, 2.24) is 9.62 Å². The van der Waals surface area contributed by atoms with Crippen LogP contribution in [0.5, 0.6) is 0 Å². The fourth-order valence-corrected chi connectivity index (χ4v) is 4.44. The third kappa shape index (κ3) is 2.75. The van der Waals surface area contributed by atoms with Gasteiger partial charge in [-0.05, 0) is 19.1 Å². The molecule has 2 rings (SSSR count). The van der Waals surface area contributed by atoms with Crippen LogP contribution in [0.15, 0.2) is 16.3 Å². The molecule has 0 spiro atoms. The van der Waals surface area contributed by atoms with E-state index >= 15 is 0 Å². The molecule has 7 heteroatoms. The van der Waals surface area contributed by atoms with Gasteiger partial charge in [0.1, 0.15) is 4.21 Å². The van der Waals surface area contributed by atoms with Gasteiger partial charge in [-0.2, -0.15) is 4.31 Å². The van der Waals surface area contributed by atoms with Gasteiger partial charge in [-0.25, -0.2) is 8.42 Å². The largest absolute Gasteiger partial charge is 0.314 e. The van der Waals surface area contributed by atoms with Crippen LogP contribution in [-0.2, 0) is 10.0 Å². The number of piperazine rings is 1. The molecular formula is C9H15ClN2O2S2. The van der Waals surface area contributed by atoms with Crippen molar-refractivity contribution >= 4 is 33.8 Å². The predicted octanol–water partition coefficient (Wildman–Crippen LogP) is 1.07. The molecule has 0 unspecified atom stereocenters. The Bertz CT molecular complexity index is 438. The van der Waals surface area contributed by atoms with Crippen LogP contribution in [0.1, 0.15) is 4.88 Å². The first-order valence-electron chi connectivity index (χ1n) is 4.88. The van der Waals surface area contributed by atoms with Crippen molar-refractivity contribution in [2.75, 3.05) is 26.2 Å². The summed E-state index contributed by atoms with van der Waals surface area (Å²) in [5.74, 6) is 0. The Balaban J connectivity index is 0.00000128. The van der Waals surface area contributed by atoms with Crippen LogP contribution < -0.4 is 5.32 Å². The average Bonchev–Trinajstić information content (AvgIpc) is 2.67. The van der Waals surface area contributed by atoms with Crippen molar-refractivity contribution in [3.8, 4) is 0 Å². The molecule has 0 bridgehead atoms. The second kappa shape index (κ2) is 5.46. The highest BCUT2D eigenvalue weighted by molar-refractivity contribution is 7.91. The van der Waals surface area contributed by atoms with E-state index in [1.807, 2.05) is 13.0 Å². The van der Waals surface area contributed by atoms with Crippen molar-refractivity contribution in [3.05, 3.63) is 17.0 Å². The third-order valence-electron chi connectivity index (χ3n) is 2.39. The Morgan fingerprint density at radius 3 is 2.44 bits per heavy atom. The zero-order chi connectivity index (χ0) is 10.9. The Hall–Kier alpha value is -0.140. The lowest BCUT2D eigenvalue weighted by Gasteiger charge is -2.25. The molecule has 1 aliphatic rings. The van der Waals surface area contributed by atoms with E-state index in [0.29, 0.717) is 17.3 Å². The molecule has 16 heavy (non-hydrogen) atoms. The van der Waals surface area contributed by atoms with Gasteiger partial charge >= 0.3 is 0 Å². The van der Waals surface area contributed by atoms with E-state index < -0.39 is 10.0 Å². The van der Waals surface area contributed by atoms with Gasteiger partial charge in [0.2, 0.25) is 0 Å². The second-order valence-electron chi connectivity index (χ2n) is 3.52.